The van der Waals surface area contributed by atoms with Crippen molar-refractivity contribution < 1.29 is 17.9 Å². The van der Waals surface area contributed by atoms with Gasteiger partial charge in [0.15, 0.2) is 0 Å². The fourth-order valence-corrected chi connectivity index (χ4v) is 3.82. The molecule has 8 heteroatoms. The summed E-state index contributed by atoms with van der Waals surface area (Å²) >= 11 is 3.37. The molecular formula is C21H19BrN2O4S. The Morgan fingerprint density at radius 2 is 1.45 bits per heavy atom. The van der Waals surface area contributed by atoms with Gasteiger partial charge < -0.3 is 10.1 Å². The lowest BCUT2D eigenvalue weighted by Crippen LogP contribution is -2.33. The van der Waals surface area contributed by atoms with E-state index in [-0.39, 0.29) is 12.3 Å². The van der Waals surface area contributed by atoms with Crippen molar-refractivity contribution in [2.75, 3.05) is 11.9 Å². The SMILES string of the molecule is O=C(CNS(=O)(=O)Cc1ccccc1)Nc1ccc(Oc2ccc(Br)cc2)cc1. The number of carbonyl (C=O) groups is 1. The summed E-state index contributed by atoms with van der Waals surface area (Å²) in [5, 5.41) is 2.65. The third-order valence-electron chi connectivity index (χ3n) is 3.84. The fourth-order valence-electron chi connectivity index (χ4n) is 2.47. The van der Waals surface area contributed by atoms with Gasteiger partial charge in [0, 0.05) is 10.2 Å². The molecule has 2 N–H and O–H groups in total. The summed E-state index contributed by atoms with van der Waals surface area (Å²) in [7, 11) is -3.60. The molecule has 0 radical (unpaired) electrons. The van der Waals surface area contributed by atoms with Crippen LogP contribution in [0.3, 0.4) is 0 Å². The summed E-state index contributed by atoms with van der Waals surface area (Å²) in [5.41, 5.74) is 1.20. The number of hydrogen-bond acceptors (Lipinski definition) is 4. The van der Waals surface area contributed by atoms with Crippen LogP contribution in [0.15, 0.2) is 83.3 Å². The van der Waals surface area contributed by atoms with Crippen LogP contribution in [0.25, 0.3) is 0 Å². The van der Waals surface area contributed by atoms with Gasteiger partial charge in [-0.3, -0.25) is 4.79 Å². The molecular weight excluding hydrogens is 456 g/mol. The van der Waals surface area contributed by atoms with Crippen LogP contribution in [0.2, 0.25) is 0 Å². The molecule has 3 rings (SSSR count). The van der Waals surface area contributed by atoms with Gasteiger partial charge in [-0.2, -0.15) is 0 Å². The van der Waals surface area contributed by atoms with Crippen LogP contribution in [0.4, 0.5) is 5.69 Å². The molecule has 0 bridgehead atoms. The van der Waals surface area contributed by atoms with E-state index in [0.717, 1.165) is 4.47 Å². The number of rotatable bonds is 8. The number of anilines is 1. The molecule has 29 heavy (non-hydrogen) atoms. The largest absolute Gasteiger partial charge is 0.457 e. The van der Waals surface area contributed by atoms with E-state index in [1.807, 2.05) is 30.3 Å². The molecule has 0 aliphatic heterocycles. The number of amides is 1. The summed E-state index contributed by atoms with van der Waals surface area (Å²) < 4.78 is 33.2. The highest BCUT2D eigenvalue weighted by molar-refractivity contribution is 9.10. The monoisotopic (exact) mass is 474 g/mol. The third-order valence-corrected chi connectivity index (χ3v) is 5.67. The Balaban J connectivity index is 1.49. The van der Waals surface area contributed by atoms with Crippen molar-refractivity contribution in [1.29, 1.82) is 0 Å². The maximum atomic E-state index is 12.1. The van der Waals surface area contributed by atoms with Crippen LogP contribution in [0.1, 0.15) is 5.56 Å². The number of sulfonamides is 1. The molecule has 1 amide bonds. The van der Waals surface area contributed by atoms with Gasteiger partial charge in [0.25, 0.3) is 0 Å². The number of ether oxygens (including phenoxy) is 1. The zero-order chi connectivity index (χ0) is 20.7. The van der Waals surface area contributed by atoms with Crippen molar-refractivity contribution in [3.05, 3.63) is 88.9 Å². The Hall–Kier alpha value is -2.68. The molecule has 0 aliphatic rings. The van der Waals surface area contributed by atoms with E-state index in [1.54, 1.807) is 48.5 Å². The van der Waals surface area contributed by atoms with Crippen LogP contribution in [-0.2, 0) is 20.6 Å². The molecule has 0 saturated carbocycles. The predicted molar refractivity (Wildman–Crippen MR) is 116 cm³/mol. The lowest BCUT2D eigenvalue weighted by atomic mass is 10.2. The van der Waals surface area contributed by atoms with Crippen molar-refractivity contribution in [2.45, 2.75) is 5.75 Å². The first-order valence-electron chi connectivity index (χ1n) is 8.74. The minimum absolute atomic E-state index is 0.177. The average Bonchev–Trinajstić information content (AvgIpc) is 2.70. The smallest absolute Gasteiger partial charge is 0.239 e. The zero-order valence-electron chi connectivity index (χ0n) is 15.3. The van der Waals surface area contributed by atoms with Gasteiger partial charge >= 0.3 is 0 Å². The summed E-state index contributed by atoms with van der Waals surface area (Å²) in [6.45, 7) is -0.341. The molecule has 150 valence electrons. The second-order valence-electron chi connectivity index (χ2n) is 6.19. The molecule has 0 saturated heterocycles. The van der Waals surface area contributed by atoms with Gasteiger partial charge in [0.1, 0.15) is 11.5 Å². The van der Waals surface area contributed by atoms with E-state index < -0.39 is 15.9 Å². The molecule has 3 aromatic rings. The Bertz CT molecular complexity index is 1050. The summed E-state index contributed by atoms with van der Waals surface area (Å²) in [5.74, 6) is 0.679. The lowest BCUT2D eigenvalue weighted by molar-refractivity contribution is -0.115. The highest BCUT2D eigenvalue weighted by Gasteiger charge is 2.13. The normalized spacial score (nSPS) is 11.1. The van der Waals surface area contributed by atoms with Gasteiger partial charge in [-0.25, -0.2) is 13.1 Å². The molecule has 0 atom stereocenters. The van der Waals surface area contributed by atoms with E-state index in [2.05, 4.69) is 26.0 Å². The Kier molecular flexibility index (Phi) is 7.03. The summed E-state index contributed by atoms with van der Waals surface area (Å²) in [6.07, 6.45) is 0. The maximum Gasteiger partial charge on any atom is 0.239 e. The van der Waals surface area contributed by atoms with Crippen molar-refractivity contribution >= 4 is 37.5 Å². The molecule has 0 unspecified atom stereocenters. The first-order chi connectivity index (χ1) is 13.9. The molecule has 0 aliphatic carbocycles. The highest BCUT2D eigenvalue weighted by atomic mass is 79.9. The van der Waals surface area contributed by atoms with E-state index in [9.17, 15) is 13.2 Å². The number of halogens is 1. The molecule has 0 aromatic heterocycles. The summed E-state index contributed by atoms with van der Waals surface area (Å²) in [6, 6.07) is 23.0. The van der Waals surface area contributed by atoms with E-state index in [4.69, 9.17) is 4.74 Å². The van der Waals surface area contributed by atoms with Crippen LogP contribution in [0, 0.1) is 0 Å². The fraction of sp³-hybridized carbons (Fsp3) is 0.0952. The van der Waals surface area contributed by atoms with Crippen LogP contribution in [-0.4, -0.2) is 20.9 Å². The summed E-state index contributed by atoms with van der Waals surface area (Å²) in [4.78, 5) is 12.0. The van der Waals surface area contributed by atoms with Gasteiger partial charge in [-0.1, -0.05) is 46.3 Å². The van der Waals surface area contributed by atoms with E-state index in [1.165, 1.54) is 0 Å². The van der Waals surface area contributed by atoms with Crippen molar-refractivity contribution in [2.24, 2.45) is 0 Å². The molecule has 3 aromatic carbocycles. The molecule has 0 heterocycles. The molecule has 6 nitrogen and oxygen atoms in total. The van der Waals surface area contributed by atoms with Gasteiger partial charge in [-0.05, 0) is 54.1 Å². The molecule has 0 spiro atoms. The van der Waals surface area contributed by atoms with Gasteiger partial charge in [0.2, 0.25) is 15.9 Å². The van der Waals surface area contributed by atoms with Crippen molar-refractivity contribution in [3.63, 3.8) is 0 Å². The third kappa shape index (κ3) is 7.01. The lowest BCUT2D eigenvalue weighted by Gasteiger charge is -2.09. The highest BCUT2D eigenvalue weighted by Crippen LogP contribution is 2.24. The van der Waals surface area contributed by atoms with Crippen LogP contribution in [0.5, 0.6) is 11.5 Å². The van der Waals surface area contributed by atoms with Crippen molar-refractivity contribution in [3.8, 4) is 11.5 Å². The predicted octanol–water partition coefficient (Wildman–Crippen LogP) is 4.30. The van der Waals surface area contributed by atoms with Crippen LogP contribution >= 0.6 is 15.9 Å². The standard InChI is InChI=1S/C21H19BrN2O4S/c22-17-6-10-19(11-7-17)28-20-12-8-18(9-13-20)24-21(25)14-23-29(26,27)15-16-4-2-1-3-5-16/h1-13,23H,14-15H2,(H,24,25). The van der Waals surface area contributed by atoms with Gasteiger partial charge in [-0.15, -0.1) is 0 Å². The minimum atomic E-state index is -3.60. The first-order valence-corrected chi connectivity index (χ1v) is 11.2. The first kappa shape index (κ1) is 21.0. The quantitative estimate of drug-likeness (QED) is 0.509. The van der Waals surface area contributed by atoms with Crippen LogP contribution < -0.4 is 14.8 Å². The van der Waals surface area contributed by atoms with E-state index in [0.29, 0.717) is 22.7 Å². The zero-order valence-corrected chi connectivity index (χ0v) is 17.7. The second kappa shape index (κ2) is 9.69. The number of carbonyl (C=O) groups excluding carboxylic acids is 1. The topological polar surface area (TPSA) is 84.5 Å². The number of hydrogen-bond donors (Lipinski definition) is 2. The second-order valence-corrected chi connectivity index (χ2v) is 8.92. The Labute approximate surface area is 178 Å². The van der Waals surface area contributed by atoms with E-state index >= 15 is 0 Å². The average molecular weight is 475 g/mol. The minimum Gasteiger partial charge on any atom is -0.457 e. The van der Waals surface area contributed by atoms with Crippen molar-refractivity contribution in [1.82, 2.24) is 4.72 Å². The number of benzene rings is 3. The number of nitrogens with one attached hydrogen (secondary N) is 2. The molecule has 0 fully saturated rings. The maximum absolute atomic E-state index is 12.1. The Morgan fingerprint density at radius 3 is 2.07 bits per heavy atom. The van der Waals surface area contributed by atoms with Gasteiger partial charge in [0.05, 0.1) is 12.3 Å². The Morgan fingerprint density at radius 1 is 0.862 bits per heavy atom.